The van der Waals surface area contributed by atoms with Crippen LogP contribution in [-0.4, -0.2) is 34.2 Å². The molecule has 4 rings (SSSR count). The molecule has 6 nitrogen and oxygen atoms in total. The van der Waals surface area contributed by atoms with Crippen molar-refractivity contribution >= 4 is 17.0 Å². The number of pyridine rings is 1. The van der Waals surface area contributed by atoms with Crippen molar-refractivity contribution in [3.8, 4) is 0 Å². The molecule has 0 aliphatic carbocycles. The zero-order chi connectivity index (χ0) is 18.1. The average Bonchev–Trinajstić information content (AvgIpc) is 3.24. The molecule has 1 aromatic carbocycles. The lowest BCUT2D eigenvalue weighted by atomic mass is 10.1. The SMILES string of the molecule is Cc1ccc(F)cc1Cn1c(=O)[nH]c2ccc(NC[C@@H]3CCNC3)nc21. The zero-order valence-electron chi connectivity index (χ0n) is 14.7. The molecule has 1 aliphatic heterocycles. The van der Waals surface area contributed by atoms with Gasteiger partial charge in [-0.15, -0.1) is 0 Å². The number of rotatable bonds is 5. The van der Waals surface area contributed by atoms with Gasteiger partial charge in [0.2, 0.25) is 0 Å². The van der Waals surface area contributed by atoms with Gasteiger partial charge < -0.3 is 15.6 Å². The van der Waals surface area contributed by atoms with Crippen molar-refractivity contribution in [2.24, 2.45) is 5.92 Å². The van der Waals surface area contributed by atoms with Gasteiger partial charge in [-0.05, 0) is 67.7 Å². The molecule has 136 valence electrons. The second kappa shape index (κ2) is 6.92. The lowest BCUT2D eigenvalue weighted by Gasteiger charge is -2.11. The van der Waals surface area contributed by atoms with E-state index in [-0.39, 0.29) is 18.1 Å². The second-order valence-corrected chi connectivity index (χ2v) is 6.89. The number of aromatic amines is 1. The maximum atomic E-state index is 13.6. The van der Waals surface area contributed by atoms with Crippen molar-refractivity contribution in [2.45, 2.75) is 19.9 Å². The summed E-state index contributed by atoms with van der Waals surface area (Å²) in [6, 6.07) is 8.34. The van der Waals surface area contributed by atoms with Gasteiger partial charge in [-0.1, -0.05) is 6.07 Å². The highest BCUT2D eigenvalue weighted by atomic mass is 19.1. The Balaban J connectivity index is 1.63. The molecule has 3 heterocycles. The molecule has 1 aliphatic rings. The Bertz CT molecular complexity index is 987. The Labute approximate surface area is 150 Å². The Morgan fingerprint density at radius 2 is 2.23 bits per heavy atom. The number of imidazole rings is 1. The van der Waals surface area contributed by atoms with E-state index in [1.807, 2.05) is 19.1 Å². The lowest BCUT2D eigenvalue weighted by molar-refractivity contribution is 0.614. The van der Waals surface area contributed by atoms with Gasteiger partial charge in [0.05, 0.1) is 12.1 Å². The van der Waals surface area contributed by atoms with Gasteiger partial charge in [-0.25, -0.2) is 14.2 Å². The van der Waals surface area contributed by atoms with Crippen LogP contribution >= 0.6 is 0 Å². The van der Waals surface area contributed by atoms with Gasteiger partial charge in [-0.2, -0.15) is 0 Å². The van der Waals surface area contributed by atoms with Crippen LogP contribution in [0.1, 0.15) is 17.5 Å². The molecular weight excluding hydrogens is 333 g/mol. The van der Waals surface area contributed by atoms with Crippen molar-refractivity contribution in [3.63, 3.8) is 0 Å². The minimum Gasteiger partial charge on any atom is -0.370 e. The number of nitrogens with one attached hydrogen (secondary N) is 3. The first-order valence-corrected chi connectivity index (χ1v) is 8.89. The summed E-state index contributed by atoms with van der Waals surface area (Å²) in [6.07, 6.45) is 1.16. The van der Waals surface area contributed by atoms with Crippen molar-refractivity contribution < 1.29 is 4.39 Å². The van der Waals surface area contributed by atoms with Crippen LogP contribution in [0.2, 0.25) is 0 Å². The quantitative estimate of drug-likeness (QED) is 0.656. The Morgan fingerprint density at radius 1 is 1.35 bits per heavy atom. The van der Waals surface area contributed by atoms with Crippen molar-refractivity contribution in [3.05, 3.63) is 57.8 Å². The molecule has 0 radical (unpaired) electrons. The molecule has 26 heavy (non-hydrogen) atoms. The number of hydrogen-bond acceptors (Lipinski definition) is 4. The highest BCUT2D eigenvalue weighted by Gasteiger charge is 2.15. The fraction of sp³-hybridized carbons (Fsp3) is 0.368. The van der Waals surface area contributed by atoms with E-state index in [1.54, 1.807) is 10.6 Å². The van der Waals surface area contributed by atoms with E-state index in [0.717, 1.165) is 43.0 Å². The van der Waals surface area contributed by atoms with Gasteiger partial charge in [-0.3, -0.25) is 4.57 Å². The predicted molar refractivity (Wildman–Crippen MR) is 100 cm³/mol. The van der Waals surface area contributed by atoms with Crippen LogP contribution < -0.4 is 16.3 Å². The molecule has 3 aromatic rings. The number of nitrogens with zero attached hydrogens (tertiary/aromatic N) is 2. The third kappa shape index (κ3) is 3.35. The molecule has 1 saturated heterocycles. The number of benzene rings is 1. The van der Waals surface area contributed by atoms with E-state index in [9.17, 15) is 9.18 Å². The molecule has 2 aromatic heterocycles. The van der Waals surface area contributed by atoms with E-state index < -0.39 is 0 Å². The molecule has 7 heteroatoms. The van der Waals surface area contributed by atoms with Crippen molar-refractivity contribution in [1.82, 2.24) is 19.9 Å². The van der Waals surface area contributed by atoms with Crippen LogP contribution in [0.15, 0.2) is 35.1 Å². The smallest absolute Gasteiger partial charge is 0.327 e. The summed E-state index contributed by atoms with van der Waals surface area (Å²) in [7, 11) is 0. The van der Waals surface area contributed by atoms with E-state index in [0.29, 0.717) is 17.1 Å². The van der Waals surface area contributed by atoms with Crippen LogP contribution in [0.4, 0.5) is 10.2 Å². The number of halogens is 1. The average molecular weight is 355 g/mol. The number of aryl methyl sites for hydroxylation is 1. The minimum absolute atomic E-state index is 0.242. The standard InChI is InChI=1S/C19H22FN5O/c1-12-2-3-15(20)8-14(12)11-25-18-16(23-19(25)26)4-5-17(24-18)22-10-13-6-7-21-9-13/h2-5,8,13,21H,6-7,9-11H2,1H3,(H,22,24)(H,23,26)/t13-/m1/s1. The lowest BCUT2D eigenvalue weighted by Crippen LogP contribution is -2.19. The highest BCUT2D eigenvalue weighted by Crippen LogP contribution is 2.17. The number of aromatic nitrogens is 3. The summed E-state index contributed by atoms with van der Waals surface area (Å²) in [6.45, 7) is 5.12. The molecule has 0 saturated carbocycles. The Hall–Kier alpha value is -2.67. The number of anilines is 1. The predicted octanol–water partition coefficient (Wildman–Crippen LogP) is 2.24. The summed E-state index contributed by atoms with van der Waals surface area (Å²) >= 11 is 0. The fourth-order valence-electron chi connectivity index (χ4n) is 3.39. The van der Waals surface area contributed by atoms with Gasteiger partial charge in [0.1, 0.15) is 11.6 Å². The van der Waals surface area contributed by atoms with E-state index >= 15 is 0 Å². The number of fused-ring (bicyclic) bond motifs is 1. The first-order valence-electron chi connectivity index (χ1n) is 8.89. The van der Waals surface area contributed by atoms with Crippen LogP contribution in [0, 0.1) is 18.7 Å². The molecule has 3 N–H and O–H groups in total. The third-order valence-electron chi connectivity index (χ3n) is 4.99. The largest absolute Gasteiger partial charge is 0.370 e. The molecule has 0 unspecified atom stereocenters. The molecule has 1 fully saturated rings. The van der Waals surface area contributed by atoms with Crippen LogP contribution in [0.25, 0.3) is 11.2 Å². The number of H-pyrrole nitrogens is 1. The van der Waals surface area contributed by atoms with Crippen molar-refractivity contribution in [1.29, 1.82) is 0 Å². The summed E-state index contributed by atoms with van der Waals surface area (Å²) < 4.78 is 15.1. The first-order chi connectivity index (χ1) is 12.6. The molecule has 0 amide bonds. The molecule has 0 spiro atoms. The van der Waals surface area contributed by atoms with E-state index in [2.05, 4.69) is 20.6 Å². The highest BCUT2D eigenvalue weighted by molar-refractivity contribution is 5.73. The Morgan fingerprint density at radius 3 is 3.04 bits per heavy atom. The van der Waals surface area contributed by atoms with Gasteiger partial charge in [0, 0.05) is 6.54 Å². The van der Waals surface area contributed by atoms with Crippen LogP contribution in [-0.2, 0) is 6.54 Å². The first kappa shape index (κ1) is 16.8. The molecule has 0 bridgehead atoms. The molecule has 1 atom stereocenters. The normalized spacial score (nSPS) is 17.1. The fourth-order valence-corrected chi connectivity index (χ4v) is 3.39. The van der Waals surface area contributed by atoms with Crippen molar-refractivity contribution in [2.75, 3.05) is 25.0 Å². The summed E-state index contributed by atoms with van der Waals surface area (Å²) in [5, 5.41) is 6.71. The van der Waals surface area contributed by atoms with E-state index in [1.165, 1.54) is 12.1 Å². The summed E-state index contributed by atoms with van der Waals surface area (Å²) in [5.74, 6) is 1.03. The zero-order valence-corrected chi connectivity index (χ0v) is 14.7. The maximum absolute atomic E-state index is 13.6. The van der Waals surface area contributed by atoms with Gasteiger partial charge >= 0.3 is 5.69 Å². The molecular formula is C19H22FN5O. The Kier molecular flexibility index (Phi) is 4.46. The minimum atomic E-state index is -0.307. The van der Waals surface area contributed by atoms with Gasteiger partial charge in [0.25, 0.3) is 0 Å². The maximum Gasteiger partial charge on any atom is 0.327 e. The van der Waals surface area contributed by atoms with Crippen LogP contribution in [0.3, 0.4) is 0 Å². The second-order valence-electron chi connectivity index (χ2n) is 6.89. The monoisotopic (exact) mass is 355 g/mol. The summed E-state index contributed by atoms with van der Waals surface area (Å²) in [4.78, 5) is 19.8. The van der Waals surface area contributed by atoms with Crippen LogP contribution in [0.5, 0.6) is 0 Å². The summed E-state index contributed by atoms with van der Waals surface area (Å²) in [5.41, 5.74) is 2.72. The topological polar surface area (TPSA) is 74.7 Å². The third-order valence-corrected chi connectivity index (χ3v) is 4.99. The number of hydrogen-bond donors (Lipinski definition) is 3. The van der Waals surface area contributed by atoms with E-state index in [4.69, 9.17) is 0 Å². The van der Waals surface area contributed by atoms with Gasteiger partial charge in [0.15, 0.2) is 5.65 Å².